The van der Waals surface area contributed by atoms with Crippen LogP contribution >= 0.6 is 0 Å². The molecule has 32 heavy (non-hydrogen) atoms. The van der Waals surface area contributed by atoms with Crippen LogP contribution < -0.4 is 15.1 Å². The number of aromatic nitrogens is 4. The fourth-order valence-electron chi connectivity index (χ4n) is 3.66. The smallest absolute Gasteiger partial charge is 0.232 e. The van der Waals surface area contributed by atoms with E-state index in [1.807, 2.05) is 35.2 Å². The van der Waals surface area contributed by atoms with Gasteiger partial charge in [-0.3, -0.25) is 4.90 Å². The molecule has 1 aromatic carbocycles. The van der Waals surface area contributed by atoms with Crippen LogP contribution in [-0.4, -0.2) is 71.8 Å². The van der Waals surface area contributed by atoms with E-state index in [1.165, 1.54) is 11.2 Å². The number of anilines is 3. The van der Waals surface area contributed by atoms with E-state index >= 15 is 0 Å². The molecule has 2 unspecified atom stereocenters. The maximum absolute atomic E-state index is 11.9. The van der Waals surface area contributed by atoms with E-state index in [4.69, 9.17) is 0 Å². The van der Waals surface area contributed by atoms with Crippen LogP contribution in [0.3, 0.4) is 0 Å². The van der Waals surface area contributed by atoms with Crippen LogP contribution in [0.15, 0.2) is 36.7 Å². The van der Waals surface area contributed by atoms with Crippen molar-refractivity contribution in [3.8, 4) is 0 Å². The van der Waals surface area contributed by atoms with E-state index in [1.54, 1.807) is 13.8 Å². The van der Waals surface area contributed by atoms with Gasteiger partial charge in [0, 0.05) is 6.54 Å². The van der Waals surface area contributed by atoms with Gasteiger partial charge in [-0.05, 0) is 19.4 Å². The maximum Gasteiger partial charge on any atom is 0.232 e. The minimum atomic E-state index is -1.01. The third kappa shape index (κ3) is 4.85. The predicted molar refractivity (Wildman–Crippen MR) is 125 cm³/mol. The molecule has 3 aromatic rings. The first kappa shape index (κ1) is 22.5. The summed E-state index contributed by atoms with van der Waals surface area (Å²) in [4.78, 5) is 21.4. The second-order valence-corrected chi connectivity index (χ2v) is 9.31. The third-order valence-electron chi connectivity index (χ3n) is 5.27. The number of aliphatic hydroxyl groups excluding tert-OH is 2. The Morgan fingerprint density at radius 3 is 2.41 bits per heavy atom. The Morgan fingerprint density at radius 1 is 1.06 bits per heavy atom. The molecule has 3 heterocycles. The Labute approximate surface area is 189 Å². The van der Waals surface area contributed by atoms with Gasteiger partial charge >= 0.3 is 0 Å². The lowest BCUT2D eigenvalue weighted by atomic mass is 10.2. The van der Waals surface area contributed by atoms with Gasteiger partial charge in [-0.1, -0.05) is 41.5 Å². The molecule has 0 spiro atoms. The molecule has 1 aliphatic rings. The first-order chi connectivity index (χ1) is 15.4. The molecule has 1 saturated heterocycles. The standard InChI is InChI=1S/C21H27N7O3S/c1-14(29)28(15(2)30)21-25-17-18(20(26-21)27-8-10-32(31)11-9-27)23-13-24-19(17)22-12-16-6-4-3-5-7-16/h3-7,13-15,29-30H,8-12H2,1-2H3,(H,22,23,24). The minimum absolute atomic E-state index is 0.168. The minimum Gasteiger partial charge on any atom is -0.616 e. The zero-order valence-electron chi connectivity index (χ0n) is 18.0. The van der Waals surface area contributed by atoms with E-state index < -0.39 is 23.6 Å². The number of nitrogens with zero attached hydrogens (tertiary/aromatic N) is 6. The predicted octanol–water partition coefficient (Wildman–Crippen LogP) is 1.08. The molecular formula is C21H27N7O3S. The molecule has 2 atom stereocenters. The largest absolute Gasteiger partial charge is 0.616 e. The highest BCUT2D eigenvalue weighted by Crippen LogP contribution is 2.30. The highest BCUT2D eigenvalue weighted by Gasteiger charge is 2.28. The highest BCUT2D eigenvalue weighted by atomic mass is 32.2. The van der Waals surface area contributed by atoms with Crippen molar-refractivity contribution in [2.24, 2.45) is 0 Å². The molecule has 0 amide bonds. The fraction of sp³-hybridized carbons (Fsp3) is 0.429. The van der Waals surface area contributed by atoms with Crippen molar-refractivity contribution in [3.05, 3.63) is 42.2 Å². The SMILES string of the molecule is CC(O)N(c1nc(N2CC[S+]([O-])CC2)c2ncnc(NCc3ccccc3)c2n1)C(C)O. The Morgan fingerprint density at radius 2 is 1.75 bits per heavy atom. The normalized spacial score (nSPS) is 16.7. The Kier molecular flexibility index (Phi) is 6.89. The third-order valence-corrected chi connectivity index (χ3v) is 6.54. The van der Waals surface area contributed by atoms with Crippen LogP contribution in [-0.2, 0) is 17.7 Å². The lowest BCUT2D eigenvalue weighted by molar-refractivity contribution is 0.103. The molecule has 0 bridgehead atoms. The molecule has 11 heteroatoms. The summed E-state index contributed by atoms with van der Waals surface area (Å²) in [5.74, 6) is 2.35. The van der Waals surface area contributed by atoms with Crippen LogP contribution in [0.25, 0.3) is 11.0 Å². The molecule has 0 aliphatic carbocycles. The average molecular weight is 458 g/mol. The molecule has 1 fully saturated rings. The van der Waals surface area contributed by atoms with Crippen molar-refractivity contribution in [2.75, 3.05) is 39.7 Å². The maximum atomic E-state index is 11.9. The van der Waals surface area contributed by atoms with Gasteiger partial charge in [0.2, 0.25) is 5.95 Å². The average Bonchev–Trinajstić information content (AvgIpc) is 2.78. The number of rotatable bonds is 7. The summed E-state index contributed by atoms with van der Waals surface area (Å²) in [5, 5.41) is 23.8. The summed E-state index contributed by atoms with van der Waals surface area (Å²) < 4.78 is 11.9. The summed E-state index contributed by atoms with van der Waals surface area (Å²) in [6, 6.07) is 9.92. The number of hydrogen-bond donors (Lipinski definition) is 3. The summed E-state index contributed by atoms with van der Waals surface area (Å²) in [7, 11) is 0. The van der Waals surface area contributed by atoms with Crippen LogP contribution in [0, 0.1) is 0 Å². The summed E-state index contributed by atoms with van der Waals surface area (Å²) in [6.45, 7) is 4.76. The molecule has 170 valence electrons. The quantitative estimate of drug-likeness (QED) is 0.349. The Balaban J connectivity index is 1.79. The monoisotopic (exact) mass is 457 g/mol. The van der Waals surface area contributed by atoms with Crippen LogP contribution in [0.5, 0.6) is 0 Å². The van der Waals surface area contributed by atoms with E-state index in [-0.39, 0.29) is 5.95 Å². The molecule has 4 rings (SSSR count). The first-order valence-corrected chi connectivity index (χ1v) is 12.0. The van der Waals surface area contributed by atoms with Gasteiger partial charge in [-0.15, -0.1) is 0 Å². The summed E-state index contributed by atoms with van der Waals surface area (Å²) in [6.07, 6.45) is -0.565. The Bertz CT molecular complexity index is 1040. The van der Waals surface area contributed by atoms with Gasteiger partial charge in [0.1, 0.15) is 41.3 Å². The van der Waals surface area contributed by atoms with Gasteiger partial charge in [0.05, 0.1) is 13.1 Å². The van der Waals surface area contributed by atoms with Crippen molar-refractivity contribution < 1.29 is 14.8 Å². The van der Waals surface area contributed by atoms with E-state index in [9.17, 15) is 14.8 Å². The van der Waals surface area contributed by atoms with E-state index in [0.717, 1.165) is 5.56 Å². The number of aliphatic hydroxyl groups is 2. The molecule has 0 radical (unpaired) electrons. The lowest BCUT2D eigenvalue weighted by Gasteiger charge is -2.32. The van der Waals surface area contributed by atoms with Crippen molar-refractivity contribution in [2.45, 2.75) is 32.8 Å². The highest BCUT2D eigenvalue weighted by molar-refractivity contribution is 7.91. The van der Waals surface area contributed by atoms with Crippen molar-refractivity contribution >= 4 is 39.8 Å². The van der Waals surface area contributed by atoms with Crippen LogP contribution in [0.4, 0.5) is 17.6 Å². The Hall–Kier alpha value is -2.73. The molecule has 1 aliphatic heterocycles. The van der Waals surface area contributed by atoms with E-state index in [0.29, 0.717) is 53.8 Å². The molecule has 0 saturated carbocycles. The van der Waals surface area contributed by atoms with Crippen LogP contribution in [0.2, 0.25) is 0 Å². The zero-order valence-corrected chi connectivity index (χ0v) is 18.9. The van der Waals surface area contributed by atoms with Crippen molar-refractivity contribution in [1.82, 2.24) is 19.9 Å². The van der Waals surface area contributed by atoms with Gasteiger partial charge in [-0.2, -0.15) is 4.98 Å². The zero-order chi connectivity index (χ0) is 22.7. The fourth-order valence-corrected chi connectivity index (χ4v) is 4.72. The summed E-state index contributed by atoms with van der Waals surface area (Å²) in [5.41, 5.74) is 2.13. The number of hydrogen-bond acceptors (Lipinski definition) is 10. The lowest BCUT2D eigenvalue weighted by Crippen LogP contribution is -2.43. The van der Waals surface area contributed by atoms with Gasteiger partial charge in [0.15, 0.2) is 11.6 Å². The second kappa shape index (κ2) is 9.82. The van der Waals surface area contributed by atoms with Gasteiger partial charge in [0.25, 0.3) is 0 Å². The molecule has 3 N–H and O–H groups in total. The molecular weight excluding hydrogens is 430 g/mol. The van der Waals surface area contributed by atoms with E-state index in [2.05, 4.69) is 25.3 Å². The second-order valence-electron chi connectivity index (χ2n) is 7.61. The molecule has 10 nitrogen and oxygen atoms in total. The number of fused-ring (bicyclic) bond motifs is 1. The first-order valence-electron chi connectivity index (χ1n) is 10.5. The number of benzene rings is 1. The van der Waals surface area contributed by atoms with Crippen molar-refractivity contribution in [1.29, 1.82) is 0 Å². The van der Waals surface area contributed by atoms with Crippen molar-refractivity contribution in [3.63, 3.8) is 0 Å². The topological polar surface area (TPSA) is 134 Å². The van der Waals surface area contributed by atoms with Gasteiger partial charge < -0.3 is 25.0 Å². The van der Waals surface area contributed by atoms with Gasteiger partial charge in [-0.25, -0.2) is 15.0 Å². The summed E-state index contributed by atoms with van der Waals surface area (Å²) >= 11 is -0.846. The molecule has 2 aromatic heterocycles. The van der Waals surface area contributed by atoms with Crippen LogP contribution in [0.1, 0.15) is 19.4 Å². The number of nitrogens with one attached hydrogen (secondary N) is 1.